The molecule has 0 spiro atoms. The fourth-order valence-corrected chi connectivity index (χ4v) is 3.58. The summed E-state index contributed by atoms with van der Waals surface area (Å²) in [5.74, 6) is 0.159. The van der Waals surface area contributed by atoms with Gasteiger partial charge in [0.1, 0.15) is 0 Å². The van der Waals surface area contributed by atoms with Crippen LogP contribution in [-0.4, -0.2) is 27.9 Å². The van der Waals surface area contributed by atoms with Gasteiger partial charge in [-0.15, -0.1) is 0 Å². The molecule has 1 amide bonds. The molecular weight excluding hydrogens is 256 g/mol. The zero-order valence-electron chi connectivity index (χ0n) is 12.8. The third kappa shape index (κ3) is 3.10. The molecule has 0 unspecified atom stereocenters. The third-order valence-corrected chi connectivity index (χ3v) is 4.77. The monoisotopic (exact) mass is 284 g/mol. The molecule has 4 heteroatoms. The van der Waals surface area contributed by atoms with Crippen LogP contribution in [0.5, 0.6) is 0 Å². The first kappa shape index (κ1) is 16.4. The maximum Gasteiger partial charge on any atom is 0.236 e. The normalized spacial score (nSPS) is 18.6. The highest BCUT2D eigenvalue weighted by Gasteiger charge is 2.47. The molecule has 0 bridgehead atoms. The lowest BCUT2D eigenvalue weighted by molar-refractivity contribution is -0.142. The van der Waals surface area contributed by atoms with Crippen molar-refractivity contribution in [3.05, 3.63) is 0 Å². The van der Waals surface area contributed by atoms with Crippen LogP contribution in [0.3, 0.4) is 0 Å². The molecule has 19 heavy (non-hydrogen) atoms. The smallest absolute Gasteiger partial charge is 0.236 e. The molecule has 1 rings (SSSR count). The molecule has 3 nitrogen and oxygen atoms in total. The van der Waals surface area contributed by atoms with E-state index in [2.05, 4.69) is 27.7 Å². The highest BCUT2D eigenvalue weighted by molar-refractivity contribution is 7.80. The average Bonchev–Trinajstić information content (AvgIpc) is 2.67. The summed E-state index contributed by atoms with van der Waals surface area (Å²) in [6, 6.07) is 0. The number of hydrogen-bond donors (Lipinski definition) is 1. The summed E-state index contributed by atoms with van der Waals surface area (Å²) in [6.45, 7) is 9.29. The van der Waals surface area contributed by atoms with Gasteiger partial charge in [0.2, 0.25) is 5.91 Å². The van der Waals surface area contributed by atoms with E-state index in [4.69, 9.17) is 18.0 Å². The van der Waals surface area contributed by atoms with Gasteiger partial charge in [0.25, 0.3) is 0 Å². The lowest BCUT2D eigenvalue weighted by Gasteiger charge is -2.40. The van der Waals surface area contributed by atoms with Crippen molar-refractivity contribution in [1.82, 2.24) is 4.90 Å². The van der Waals surface area contributed by atoms with Crippen LogP contribution in [0, 0.1) is 5.41 Å². The SMILES string of the molecule is CCCC(CCC)(C(=O)N1CCCC1(C)C)C(N)=S. The number of thiocarbonyl (C=S) groups is 1. The lowest BCUT2D eigenvalue weighted by atomic mass is 9.77. The first-order valence-electron chi connectivity index (χ1n) is 7.44. The Labute approximate surface area is 122 Å². The lowest BCUT2D eigenvalue weighted by Crippen LogP contribution is -2.54. The van der Waals surface area contributed by atoms with Crippen LogP contribution in [0.1, 0.15) is 66.2 Å². The van der Waals surface area contributed by atoms with Gasteiger partial charge in [0.05, 0.1) is 10.4 Å². The van der Waals surface area contributed by atoms with Gasteiger partial charge in [-0.05, 0) is 39.5 Å². The number of hydrogen-bond acceptors (Lipinski definition) is 2. The van der Waals surface area contributed by atoms with Gasteiger partial charge in [-0.3, -0.25) is 4.79 Å². The summed E-state index contributed by atoms with van der Waals surface area (Å²) in [5, 5.41) is 0. The highest BCUT2D eigenvalue weighted by Crippen LogP contribution is 2.38. The number of carbonyl (C=O) groups is 1. The number of amides is 1. The summed E-state index contributed by atoms with van der Waals surface area (Å²) in [4.78, 5) is 15.5. The van der Waals surface area contributed by atoms with Gasteiger partial charge in [-0.1, -0.05) is 38.9 Å². The molecular formula is C15H28N2OS. The Morgan fingerprint density at radius 3 is 2.16 bits per heavy atom. The molecule has 1 aliphatic heterocycles. The van der Waals surface area contributed by atoms with Crippen LogP contribution in [0.25, 0.3) is 0 Å². The fourth-order valence-electron chi connectivity index (χ4n) is 3.29. The second-order valence-corrected chi connectivity index (χ2v) is 6.76. The molecule has 2 N–H and O–H groups in total. The second kappa shape index (κ2) is 6.21. The van der Waals surface area contributed by atoms with Crippen LogP contribution in [0.2, 0.25) is 0 Å². The van der Waals surface area contributed by atoms with E-state index >= 15 is 0 Å². The summed E-state index contributed by atoms with van der Waals surface area (Å²) in [7, 11) is 0. The molecule has 0 aromatic rings. The van der Waals surface area contributed by atoms with Gasteiger partial charge in [0.15, 0.2) is 0 Å². The highest BCUT2D eigenvalue weighted by atomic mass is 32.1. The van der Waals surface area contributed by atoms with Gasteiger partial charge in [-0.25, -0.2) is 0 Å². The van der Waals surface area contributed by atoms with E-state index < -0.39 is 5.41 Å². The number of rotatable bonds is 6. The van der Waals surface area contributed by atoms with Gasteiger partial charge in [0, 0.05) is 12.1 Å². The minimum Gasteiger partial charge on any atom is -0.392 e. The molecule has 1 fully saturated rings. The molecule has 110 valence electrons. The predicted octanol–water partition coefficient (Wildman–Crippen LogP) is 3.26. The van der Waals surface area contributed by atoms with E-state index in [0.717, 1.165) is 45.1 Å². The van der Waals surface area contributed by atoms with E-state index in [1.807, 2.05) is 4.90 Å². The molecule has 1 saturated heterocycles. The Morgan fingerprint density at radius 1 is 1.32 bits per heavy atom. The molecule has 0 aliphatic carbocycles. The minimum atomic E-state index is -0.625. The Kier molecular flexibility index (Phi) is 5.36. The topological polar surface area (TPSA) is 46.3 Å². The summed E-state index contributed by atoms with van der Waals surface area (Å²) < 4.78 is 0. The average molecular weight is 284 g/mol. The summed E-state index contributed by atoms with van der Waals surface area (Å²) in [5.41, 5.74) is 5.30. The Morgan fingerprint density at radius 2 is 1.84 bits per heavy atom. The quantitative estimate of drug-likeness (QED) is 0.762. The Balaban J connectivity index is 3.09. The Bertz CT molecular complexity index is 346. The van der Waals surface area contributed by atoms with Crippen molar-refractivity contribution in [1.29, 1.82) is 0 Å². The first-order valence-corrected chi connectivity index (χ1v) is 7.84. The van der Waals surface area contributed by atoms with Gasteiger partial charge >= 0.3 is 0 Å². The van der Waals surface area contributed by atoms with Crippen LogP contribution in [0.15, 0.2) is 0 Å². The molecule has 0 saturated carbocycles. The first-order chi connectivity index (χ1) is 8.81. The number of likely N-dealkylation sites (tertiary alicyclic amines) is 1. The van der Waals surface area contributed by atoms with Crippen molar-refractivity contribution in [2.45, 2.75) is 71.8 Å². The zero-order valence-corrected chi connectivity index (χ0v) is 13.6. The molecule has 0 atom stereocenters. The van der Waals surface area contributed by atoms with Crippen molar-refractivity contribution in [2.24, 2.45) is 11.1 Å². The van der Waals surface area contributed by atoms with Gasteiger partial charge < -0.3 is 10.6 Å². The maximum absolute atomic E-state index is 13.1. The third-order valence-electron chi connectivity index (χ3n) is 4.38. The molecule has 0 radical (unpaired) electrons. The largest absolute Gasteiger partial charge is 0.392 e. The van der Waals surface area contributed by atoms with Crippen molar-refractivity contribution < 1.29 is 4.79 Å². The Hall–Kier alpha value is -0.640. The van der Waals surface area contributed by atoms with E-state index in [0.29, 0.717) is 4.99 Å². The molecule has 1 heterocycles. The van der Waals surface area contributed by atoms with E-state index in [1.165, 1.54) is 0 Å². The molecule has 0 aromatic carbocycles. The van der Waals surface area contributed by atoms with E-state index in [9.17, 15) is 4.79 Å². The van der Waals surface area contributed by atoms with Crippen LogP contribution < -0.4 is 5.73 Å². The summed E-state index contributed by atoms with van der Waals surface area (Å²) in [6.07, 6.45) is 5.52. The van der Waals surface area contributed by atoms with Crippen molar-refractivity contribution in [3.63, 3.8) is 0 Å². The molecule has 0 aromatic heterocycles. The molecule has 1 aliphatic rings. The predicted molar refractivity (Wildman–Crippen MR) is 84.1 cm³/mol. The standard InChI is InChI=1S/C15H28N2OS/c1-5-8-15(9-6-2,12(16)19)13(18)17-11-7-10-14(17,3)4/h5-11H2,1-4H3,(H2,16,19). The summed E-state index contributed by atoms with van der Waals surface area (Å²) >= 11 is 5.28. The van der Waals surface area contributed by atoms with Gasteiger partial charge in [-0.2, -0.15) is 0 Å². The fraction of sp³-hybridized carbons (Fsp3) is 0.867. The number of nitrogens with zero attached hydrogens (tertiary/aromatic N) is 1. The van der Waals surface area contributed by atoms with Crippen molar-refractivity contribution in [2.75, 3.05) is 6.54 Å². The van der Waals surface area contributed by atoms with Crippen LogP contribution >= 0.6 is 12.2 Å². The van der Waals surface area contributed by atoms with E-state index in [1.54, 1.807) is 0 Å². The number of nitrogens with two attached hydrogens (primary N) is 1. The van der Waals surface area contributed by atoms with Crippen molar-refractivity contribution >= 4 is 23.1 Å². The van der Waals surface area contributed by atoms with Crippen molar-refractivity contribution in [3.8, 4) is 0 Å². The second-order valence-electron chi connectivity index (χ2n) is 6.32. The van der Waals surface area contributed by atoms with Crippen LogP contribution in [-0.2, 0) is 4.79 Å². The maximum atomic E-state index is 13.1. The number of carbonyl (C=O) groups excluding carboxylic acids is 1. The van der Waals surface area contributed by atoms with E-state index in [-0.39, 0.29) is 11.4 Å². The van der Waals surface area contributed by atoms with Crippen LogP contribution in [0.4, 0.5) is 0 Å². The minimum absolute atomic E-state index is 0.0609. The zero-order chi connectivity index (χ0) is 14.7.